The van der Waals surface area contributed by atoms with E-state index in [4.69, 9.17) is 9.47 Å². The van der Waals surface area contributed by atoms with E-state index in [1.165, 1.54) is 10.4 Å². The summed E-state index contributed by atoms with van der Waals surface area (Å²) in [5.41, 5.74) is 2.27. The lowest BCUT2D eigenvalue weighted by Gasteiger charge is -2.33. The van der Waals surface area contributed by atoms with Gasteiger partial charge in [-0.2, -0.15) is 0 Å². The molecule has 2 aromatic rings. The van der Waals surface area contributed by atoms with Crippen molar-refractivity contribution in [2.24, 2.45) is 0 Å². The molecule has 0 unspecified atom stereocenters. The van der Waals surface area contributed by atoms with Gasteiger partial charge >= 0.3 is 0 Å². The maximum Gasteiger partial charge on any atom is 0.234 e. The maximum atomic E-state index is 12.6. The Labute approximate surface area is 158 Å². The zero-order valence-electron chi connectivity index (χ0n) is 15.7. The Morgan fingerprint density at radius 1 is 1.35 bits per heavy atom. The molecule has 3 rings (SSSR count). The molecule has 6 heteroatoms. The van der Waals surface area contributed by atoms with Crippen LogP contribution in [0.25, 0.3) is 0 Å². The molecule has 1 aromatic heterocycles. The number of amides is 1. The van der Waals surface area contributed by atoms with Gasteiger partial charge in [-0.25, -0.2) is 0 Å². The molecule has 0 saturated carbocycles. The molecule has 140 valence electrons. The highest BCUT2D eigenvalue weighted by molar-refractivity contribution is 7.10. The van der Waals surface area contributed by atoms with E-state index in [9.17, 15) is 4.79 Å². The third-order valence-corrected chi connectivity index (χ3v) is 6.03. The van der Waals surface area contributed by atoms with Gasteiger partial charge in [0, 0.05) is 23.0 Å². The summed E-state index contributed by atoms with van der Waals surface area (Å²) in [5, 5.41) is 5.24. The van der Waals surface area contributed by atoms with Crippen LogP contribution >= 0.6 is 11.3 Å². The number of nitrogens with zero attached hydrogens (tertiary/aromatic N) is 1. The lowest BCUT2D eigenvalue weighted by atomic mass is 10.0. The molecule has 0 saturated heterocycles. The van der Waals surface area contributed by atoms with Crippen LogP contribution < -0.4 is 14.8 Å². The molecule has 0 radical (unpaired) electrons. The molecular weight excluding hydrogens is 348 g/mol. The molecule has 2 heterocycles. The van der Waals surface area contributed by atoms with Gasteiger partial charge in [-0.3, -0.25) is 9.69 Å². The van der Waals surface area contributed by atoms with Crippen molar-refractivity contribution < 1.29 is 14.3 Å². The van der Waals surface area contributed by atoms with Gasteiger partial charge in [0.1, 0.15) is 11.5 Å². The fourth-order valence-corrected chi connectivity index (χ4v) is 4.47. The largest absolute Gasteiger partial charge is 0.497 e. The van der Waals surface area contributed by atoms with Crippen LogP contribution in [0.1, 0.15) is 41.9 Å². The number of benzene rings is 1. The van der Waals surface area contributed by atoms with Gasteiger partial charge in [0.05, 0.1) is 26.8 Å². The van der Waals surface area contributed by atoms with Crippen LogP contribution in [0.4, 0.5) is 0 Å². The second-order valence-corrected chi connectivity index (χ2v) is 7.59. The zero-order valence-corrected chi connectivity index (χ0v) is 16.6. The molecule has 5 nitrogen and oxygen atoms in total. The third kappa shape index (κ3) is 3.86. The van der Waals surface area contributed by atoms with Crippen LogP contribution in [-0.2, 0) is 11.2 Å². The van der Waals surface area contributed by atoms with Crippen LogP contribution in [0.2, 0.25) is 0 Å². The van der Waals surface area contributed by atoms with Gasteiger partial charge in [-0.15, -0.1) is 11.3 Å². The van der Waals surface area contributed by atoms with E-state index in [0.717, 1.165) is 30.0 Å². The summed E-state index contributed by atoms with van der Waals surface area (Å²) in [5.74, 6) is 1.51. The average Bonchev–Trinajstić information content (AvgIpc) is 3.13. The van der Waals surface area contributed by atoms with Gasteiger partial charge < -0.3 is 14.8 Å². The van der Waals surface area contributed by atoms with Gasteiger partial charge in [0.15, 0.2) is 0 Å². The number of ether oxygens (including phenoxy) is 2. The van der Waals surface area contributed by atoms with E-state index >= 15 is 0 Å². The Morgan fingerprint density at radius 3 is 2.88 bits per heavy atom. The highest BCUT2D eigenvalue weighted by Gasteiger charge is 2.26. The van der Waals surface area contributed by atoms with Gasteiger partial charge in [-0.1, -0.05) is 0 Å². The van der Waals surface area contributed by atoms with E-state index < -0.39 is 0 Å². The van der Waals surface area contributed by atoms with Crippen molar-refractivity contribution in [3.63, 3.8) is 0 Å². The second kappa shape index (κ2) is 8.10. The Balaban J connectivity index is 1.65. The zero-order chi connectivity index (χ0) is 18.7. The Morgan fingerprint density at radius 2 is 2.15 bits per heavy atom. The van der Waals surface area contributed by atoms with Gasteiger partial charge in [0.25, 0.3) is 0 Å². The molecule has 1 amide bonds. The minimum Gasteiger partial charge on any atom is -0.497 e. The van der Waals surface area contributed by atoms with Crippen molar-refractivity contribution in [3.05, 3.63) is 45.6 Å². The van der Waals surface area contributed by atoms with Crippen molar-refractivity contribution in [3.8, 4) is 11.5 Å². The summed E-state index contributed by atoms with van der Waals surface area (Å²) >= 11 is 1.81. The van der Waals surface area contributed by atoms with Crippen LogP contribution in [0.5, 0.6) is 11.5 Å². The van der Waals surface area contributed by atoms with Gasteiger partial charge in [-0.05, 0) is 55.5 Å². The topological polar surface area (TPSA) is 50.8 Å². The fraction of sp³-hybridized carbons (Fsp3) is 0.450. The summed E-state index contributed by atoms with van der Waals surface area (Å²) < 4.78 is 10.7. The SMILES string of the molecule is COc1ccc(OC)c([C@@H](C)NC(=O)CN2CCc3sccc3[C@H]2C)c1. The van der Waals surface area contributed by atoms with Crippen LogP contribution in [-0.4, -0.2) is 38.1 Å². The summed E-state index contributed by atoms with van der Waals surface area (Å²) in [6.45, 7) is 5.45. The lowest BCUT2D eigenvalue weighted by molar-refractivity contribution is -0.123. The molecule has 0 fully saturated rings. The fourth-order valence-electron chi connectivity index (χ4n) is 3.50. The Hall–Kier alpha value is -2.05. The molecule has 1 N–H and O–H groups in total. The first kappa shape index (κ1) is 18.7. The van der Waals surface area contributed by atoms with Crippen molar-refractivity contribution in [2.75, 3.05) is 27.3 Å². The molecule has 2 atom stereocenters. The molecule has 26 heavy (non-hydrogen) atoms. The molecule has 1 aromatic carbocycles. The summed E-state index contributed by atoms with van der Waals surface area (Å²) in [6.07, 6.45) is 1.02. The number of thiophene rings is 1. The van der Waals surface area contributed by atoms with Crippen LogP contribution in [0.15, 0.2) is 29.6 Å². The minimum absolute atomic E-state index is 0.0212. The van der Waals surface area contributed by atoms with E-state index in [0.29, 0.717) is 6.54 Å². The maximum absolute atomic E-state index is 12.6. The normalized spacial score (nSPS) is 18.1. The highest BCUT2D eigenvalue weighted by Crippen LogP contribution is 2.33. The molecule has 1 aliphatic heterocycles. The molecular formula is C20H26N2O3S. The van der Waals surface area contributed by atoms with Crippen molar-refractivity contribution in [1.29, 1.82) is 0 Å². The second-order valence-electron chi connectivity index (χ2n) is 6.59. The van der Waals surface area contributed by atoms with Crippen LogP contribution in [0.3, 0.4) is 0 Å². The van der Waals surface area contributed by atoms with E-state index in [2.05, 4.69) is 28.6 Å². The monoisotopic (exact) mass is 374 g/mol. The summed E-state index contributed by atoms with van der Waals surface area (Å²) in [6, 6.07) is 7.91. The van der Waals surface area contributed by atoms with E-state index in [1.807, 2.05) is 36.5 Å². The number of hydrogen-bond donors (Lipinski definition) is 1. The van der Waals surface area contributed by atoms with Crippen molar-refractivity contribution in [2.45, 2.75) is 32.4 Å². The first-order valence-electron chi connectivity index (χ1n) is 8.85. The van der Waals surface area contributed by atoms with E-state index in [1.54, 1.807) is 14.2 Å². The minimum atomic E-state index is -0.163. The predicted octanol–water partition coefficient (Wildman–Crippen LogP) is 3.56. The van der Waals surface area contributed by atoms with Crippen LogP contribution in [0, 0.1) is 0 Å². The molecule has 0 bridgehead atoms. The number of nitrogens with one attached hydrogen (secondary N) is 1. The molecule has 0 aliphatic carbocycles. The van der Waals surface area contributed by atoms with Crippen molar-refractivity contribution >= 4 is 17.2 Å². The molecule has 0 spiro atoms. The number of methoxy groups -OCH3 is 2. The number of hydrogen-bond acceptors (Lipinski definition) is 5. The molecule has 1 aliphatic rings. The number of rotatable bonds is 6. The van der Waals surface area contributed by atoms with E-state index in [-0.39, 0.29) is 18.0 Å². The Bertz CT molecular complexity index is 774. The number of carbonyl (C=O) groups excluding carboxylic acids is 1. The lowest BCUT2D eigenvalue weighted by Crippen LogP contribution is -2.42. The first-order valence-corrected chi connectivity index (χ1v) is 9.73. The van der Waals surface area contributed by atoms with Gasteiger partial charge in [0.2, 0.25) is 5.91 Å². The van der Waals surface area contributed by atoms with Crippen molar-refractivity contribution in [1.82, 2.24) is 10.2 Å². The smallest absolute Gasteiger partial charge is 0.234 e. The first-order chi connectivity index (χ1) is 12.5. The standard InChI is InChI=1S/C20H26N2O3S/c1-13(17-11-15(24-3)5-6-18(17)25-4)21-20(23)12-22-9-7-19-16(14(22)2)8-10-26-19/h5-6,8,10-11,13-14H,7,9,12H2,1-4H3,(H,21,23)/t13-,14-/m1/s1. The Kier molecular flexibility index (Phi) is 5.84. The third-order valence-electron chi connectivity index (χ3n) is 5.03. The average molecular weight is 375 g/mol. The summed E-state index contributed by atoms with van der Waals surface area (Å²) in [4.78, 5) is 16.3. The summed E-state index contributed by atoms with van der Waals surface area (Å²) in [7, 11) is 3.26. The highest BCUT2D eigenvalue weighted by atomic mass is 32.1. The number of fused-ring (bicyclic) bond motifs is 1. The quantitative estimate of drug-likeness (QED) is 0.840. The predicted molar refractivity (Wildman–Crippen MR) is 104 cm³/mol. The number of carbonyl (C=O) groups is 1.